The number of nitrogens with zero attached hydrogens (tertiary/aromatic N) is 1. The minimum atomic E-state index is 0.643. The minimum Gasteiger partial charge on any atom is -0.468 e. The zero-order valence-electron chi connectivity index (χ0n) is 12.7. The Morgan fingerprint density at radius 2 is 2.21 bits per heavy atom. The molecule has 110 valence electrons. The molecular weight excluding hydrogens is 240 g/mol. The Balaban J connectivity index is 2.58. The van der Waals surface area contributed by atoms with Crippen LogP contribution >= 0.6 is 0 Å². The Bertz CT molecular complexity index is 337. The average Bonchev–Trinajstić information content (AvgIpc) is 2.80. The van der Waals surface area contributed by atoms with Gasteiger partial charge in [-0.3, -0.25) is 4.90 Å². The molecule has 1 N–H and O–H groups in total. The molecule has 0 aliphatic rings. The summed E-state index contributed by atoms with van der Waals surface area (Å²) in [5.41, 5.74) is 1.26. The van der Waals surface area contributed by atoms with E-state index in [-0.39, 0.29) is 0 Å². The van der Waals surface area contributed by atoms with Gasteiger partial charge in [-0.15, -0.1) is 0 Å². The van der Waals surface area contributed by atoms with Gasteiger partial charge in [-0.2, -0.15) is 0 Å². The molecule has 0 bridgehead atoms. The first-order chi connectivity index (χ1) is 9.17. The first-order valence-electron chi connectivity index (χ1n) is 7.14. The molecule has 0 radical (unpaired) electrons. The monoisotopic (exact) mass is 268 g/mol. The molecule has 1 heterocycles. The summed E-state index contributed by atoms with van der Waals surface area (Å²) in [5.74, 6) is 1.71. The van der Waals surface area contributed by atoms with Crippen molar-refractivity contribution in [3.8, 4) is 0 Å². The van der Waals surface area contributed by atoms with E-state index in [2.05, 4.69) is 37.1 Å². The molecule has 1 rings (SSSR count). The van der Waals surface area contributed by atoms with Gasteiger partial charge in [0.25, 0.3) is 0 Å². The highest BCUT2D eigenvalue weighted by Gasteiger charge is 2.13. The van der Waals surface area contributed by atoms with Gasteiger partial charge in [0.05, 0.1) is 19.4 Å². The lowest BCUT2D eigenvalue weighted by molar-refractivity contribution is 0.130. The lowest BCUT2D eigenvalue weighted by atomic mass is 10.2. The highest BCUT2D eigenvalue weighted by atomic mass is 16.5. The van der Waals surface area contributed by atoms with E-state index in [1.165, 1.54) is 5.56 Å². The maximum atomic E-state index is 5.63. The Morgan fingerprint density at radius 3 is 2.84 bits per heavy atom. The highest BCUT2D eigenvalue weighted by molar-refractivity contribution is 5.16. The summed E-state index contributed by atoms with van der Waals surface area (Å²) in [5, 5.41) is 3.35. The van der Waals surface area contributed by atoms with Crippen molar-refractivity contribution in [1.29, 1.82) is 0 Å². The predicted octanol–water partition coefficient (Wildman–Crippen LogP) is 2.49. The Labute approximate surface area is 117 Å². The quantitative estimate of drug-likeness (QED) is 0.707. The average molecular weight is 268 g/mol. The number of rotatable bonds is 10. The second kappa shape index (κ2) is 9.13. The molecule has 19 heavy (non-hydrogen) atoms. The first kappa shape index (κ1) is 16.2. The van der Waals surface area contributed by atoms with Gasteiger partial charge in [0.1, 0.15) is 5.76 Å². The molecule has 4 nitrogen and oxygen atoms in total. The number of hydrogen-bond donors (Lipinski definition) is 1. The number of nitrogens with one attached hydrogen (secondary N) is 1. The summed E-state index contributed by atoms with van der Waals surface area (Å²) < 4.78 is 10.8. The van der Waals surface area contributed by atoms with Crippen molar-refractivity contribution in [2.45, 2.75) is 33.9 Å². The van der Waals surface area contributed by atoms with Crippen molar-refractivity contribution in [3.05, 3.63) is 23.7 Å². The van der Waals surface area contributed by atoms with Crippen LogP contribution < -0.4 is 5.32 Å². The normalized spacial score (nSPS) is 11.7. The molecule has 0 atom stereocenters. The lowest BCUT2D eigenvalue weighted by Crippen LogP contribution is -2.31. The van der Waals surface area contributed by atoms with Crippen LogP contribution in [0.2, 0.25) is 0 Å². The molecule has 4 heteroatoms. The summed E-state index contributed by atoms with van der Waals surface area (Å²) in [6, 6.07) is 2.06. The fourth-order valence-electron chi connectivity index (χ4n) is 2.10. The van der Waals surface area contributed by atoms with E-state index in [0.717, 1.165) is 45.1 Å². The maximum absolute atomic E-state index is 5.63. The van der Waals surface area contributed by atoms with Crippen LogP contribution in [0.4, 0.5) is 0 Å². The Morgan fingerprint density at radius 1 is 1.42 bits per heavy atom. The van der Waals surface area contributed by atoms with E-state index in [4.69, 9.17) is 9.15 Å². The molecule has 0 aromatic carbocycles. The van der Waals surface area contributed by atoms with E-state index >= 15 is 0 Å². The number of ether oxygens (including phenoxy) is 1. The van der Waals surface area contributed by atoms with Gasteiger partial charge in [0.15, 0.2) is 0 Å². The van der Waals surface area contributed by atoms with Gasteiger partial charge in [-0.05, 0) is 18.5 Å². The van der Waals surface area contributed by atoms with Crippen LogP contribution in [0.5, 0.6) is 0 Å². The van der Waals surface area contributed by atoms with E-state index < -0.39 is 0 Å². The first-order valence-corrected chi connectivity index (χ1v) is 7.14. The summed E-state index contributed by atoms with van der Waals surface area (Å²) in [4.78, 5) is 2.39. The molecule has 1 aromatic heterocycles. The van der Waals surface area contributed by atoms with Crippen molar-refractivity contribution in [2.24, 2.45) is 5.92 Å². The second-order valence-corrected chi connectivity index (χ2v) is 5.27. The number of methoxy groups -OCH3 is 1. The standard InChI is InChI=1S/C15H28N2O2/c1-5-16-10-14-6-8-19-15(14)12-17(7-9-18-4)11-13(2)3/h6,8,13,16H,5,7,9-12H2,1-4H3. The second-order valence-electron chi connectivity index (χ2n) is 5.27. The third-order valence-electron chi connectivity index (χ3n) is 3.01. The smallest absolute Gasteiger partial charge is 0.122 e. The van der Waals surface area contributed by atoms with Crippen LogP contribution in [0.3, 0.4) is 0 Å². The van der Waals surface area contributed by atoms with E-state index in [9.17, 15) is 0 Å². The molecule has 0 spiro atoms. The van der Waals surface area contributed by atoms with Crippen LogP contribution in [0.25, 0.3) is 0 Å². The highest BCUT2D eigenvalue weighted by Crippen LogP contribution is 2.14. The largest absolute Gasteiger partial charge is 0.468 e. The molecule has 0 amide bonds. The van der Waals surface area contributed by atoms with Crippen molar-refractivity contribution < 1.29 is 9.15 Å². The van der Waals surface area contributed by atoms with Crippen LogP contribution in [0.15, 0.2) is 16.7 Å². The van der Waals surface area contributed by atoms with Crippen molar-refractivity contribution >= 4 is 0 Å². The fourth-order valence-corrected chi connectivity index (χ4v) is 2.10. The third-order valence-corrected chi connectivity index (χ3v) is 3.01. The fraction of sp³-hybridized carbons (Fsp3) is 0.733. The van der Waals surface area contributed by atoms with Gasteiger partial charge in [0, 0.05) is 32.3 Å². The van der Waals surface area contributed by atoms with Gasteiger partial charge in [0.2, 0.25) is 0 Å². The van der Waals surface area contributed by atoms with Gasteiger partial charge < -0.3 is 14.5 Å². The van der Waals surface area contributed by atoms with Crippen molar-refractivity contribution in [3.63, 3.8) is 0 Å². The van der Waals surface area contributed by atoms with Crippen molar-refractivity contribution in [2.75, 3.05) is 33.4 Å². The lowest BCUT2D eigenvalue weighted by Gasteiger charge is -2.23. The van der Waals surface area contributed by atoms with E-state index in [0.29, 0.717) is 5.92 Å². The zero-order chi connectivity index (χ0) is 14.1. The van der Waals surface area contributed by atoms with Gasteiger partial charge in [-0.25, -0.2) is 0 Å². The predicted molar refractivity (Wildman–Crippen MR) is 78.1 cm³/mol. The molecular formula is C15H28N2O2. The Kier molecular flexibility index (Phi) is 7.79. The number of furan rings is 1. The summed E-state index contributed by atoms with van der Waals surface area (Å²) >= 11 is 0. The molecule has 0 saturated carbocycles. The van der Waals surface area contributed by atoms with Gasteiger partial charge >= 0.3 is 0 Å². The van der Waals surface area contributed by atoms with E-state index in [1.807, 2.05) is 0 Å². The molecule has 0 unspecified atom stereocenters. The molecule has 0 aliphatic carbocycles. The third kappa shape index (κ3) is 6.23. The van der Waals surface area contributed by atoms with Crippen LogP contribution in [-0.4, -0.2) is 38.3 Å². The topological polar surface area (TPSA) is 37.6 Å². The van der Waals surface area contributed by atoms with E-state index in [1.54, 1.807) is 13.4 Å². The van der Waals surface area contributed by atoms with Crippen molar-refractivity contribution in [1.82, 2.24) is 10.2 Å². The minimum absolute atomic E-state index is 0.643. The van der Waals surface area contributed by atoms with Crippen LogP contribution in [0.1, 0.15) is 32.1 Å². The molecule has 0 saturated heterocycles. The summed E-state index contributed by atoms with van der Waals surface area (Å²) in [6.45, 7) is 12.1. The Hall–Kier alpha value is -0.840. The van der Waals surface area contributed by atoms with Crippen LogP contribution in [-0.2, 0) is 17.8 Å². The summed E-state index contributed by atoms with van der Waals surface area (Å²) in [7, 11) is 1.75. The molecule has 0 fully saturated rings. The molecule has 0 aliphatic heterocycles. The zero-order valence-corrected chi connectivity index (χ0v) is 12.7. The molecule has 1 aromatic rings. The number of hydrogen-bond acceptors (Lipinski definition) is 4. The van der Waals surface area contributed by atoms with Gasteiger partial charge in [-0.1, -0.05) is 20.8 Å². The SMILES string of the molecule is CCNCc1ccoc1CN(CCOC)CC(C)C. The van der Waals surface area contributed by atoms with Crippen LogP contribution in [0, 0.1) is 5.92 Å². The summed E-state index contributed by atoms with van der Waals surface area (Å²) in [6.07, 6.45) is 1.78. The maximum Gasteiger partial charge on any atom is 0.122 e.